The molecule has 11 nitrogen and oxygen atoms in total. The molecular formula is C43H77O11P. The van der Waals surface area contributed by atoms with E-state index in [-0.39, 0.29) is 43.5 Å². The molecule has 1 aliphatic rings. The van der Waals surface area contributed by atoms with Crippen LogP contribution in [-0.2, 0) is 32.9 Å². The van der Waals surface area contributed by atoms with Crippen molar-refractivity contribution in [3.8, 4) is 0 Å². The Morgan fingerprint density at radius 3 is 1.93 bits per heavy atom. The van der Waals surface area contributed by atoms with E-state index in [0.29, 0.717) is 32.1 Å². The lowest BCUT2D eigenvalue weighted by atomic mass is 9.90. The molecule has 1 fully saturated rings. The van der Waals surface area contributed by atoms with E-state index >= 15 is 0 Å². The third-order valence-corrected chi connectivity index (χ3v) is 10.8. The molecule has 12 heteroatoms. The van der Waals surface area contributed by atoms with Gasteiger partial charge in [0.2, 0.25) is 0 Å². The largest absolute Gasteiger partial charge is 0.469 e. The van der Waals surface area contributed by atoms with E-state index in [1.807, 2.05) is 12.2 Å². The van der Waals surface area contributed by atoms with Gasteiger partial charge in [0.1, 0.15) is 12.4 Å². The van der Waals surface area contributed by atoms with Crippen LogP contribution in [0, 0.1) is 17.8 Å². The van der Waals surface area contributed by atoms with Crippen molar-refractivity contribution in [2.75, 3.05) is 13.2 Å². The molecule has 55 heavy (non-hydrogen) atoms. The Kier molecular flexibility index (Phi) is 29.9. The van der Waals surface area contributed by atoms with Gasteiger partial charge in [-0.3, -0.25) is 18.9 Å². The molecular weight excluding hydrogens is 723 g/mol. The third kappa shape index (κ3) is 29.1. The molecule has 5 atom stereocenters. The number of phosphoric ester groups is 1. The van der Waals surface area contributed by atoms with Crippen LogP contribution in [0.2, 0.25) is 0 Å². The highest BCUT2D eigenvalue weighted by molar-refractivity contribution is 7.46. The Morgan fingerprint density at radius 1 is 0.782 bits per heavy atom. The summed E-state index contributed by atoms with van der Waals surface area (Å²) in [5.74, 6) is -0.977. The Hall–Kier alpha value is -1.88. The van der Waals surface area contributed by atoms with Crippen molar-refractivity contribution in [1.29, 1.82) is 0 Å². The van der Waals surface area contributed by atoms with Gasteiger partial charge in [0.15, 0.2) is 6.10 Å². The highest BCUT2D eigenvalue weighted by atomic mass is 31.2. The molecule has 1 saturated carbocycles. The Bertz CT molecular complexity index is 1120. The van der Waals surface area contributed by atoms with Gasteiger partial charge in [-0.25, -0.2) is 4.57 Å². The SMILES string of the molecule is CCCCC[C@H](O)/C=C/[C@H]1[C@H](O)CC(=O)[C@@H]1C/C=C\CCCC(=O)OC[C@H](COP(=O)(O)O)OC(=O)CCCCCCCCCCCCCCCCC(C)C. The van der Waals surface area contributed by atoms with Gasteiger partial charge in [-0.1, -0.05) is 154 Å². The number of carbonyl (C=O) groups is 3. The van der Waals surface area contributed by atoms with Crippen molar-refractivity contribution >= 4 is 25.5 Å². The van der Waals surface area contributed by atoms with Crippen LogP contribution >= 0.6 is 7.82 Å². The molecule has 1 rings (SSSR count). The predicted octanol–water partition coefficient (Wildman–Crippen LogP) is 9.63. The summed E-state index contributed by atoms with van der Waals surface area (Å²) in [7, 11) is -4.82. The van der Waals surface area contributed by atoms with Crippen LogP contribution < -0.4 is 0 Å². The molecule has 1 aliphatic carbocycles. The second-order valence-electron chi connectivity index (χ2n) is 15.9. The lowest BCUT2D eigenvalue weighted by molar-refractivity contribution is -0.161. The fourth-order valence-electron chi connectivity index (χ4n) is 6.95. The van der Waals surface area contributed by atoms with Crippen LogP contribution in [-0.4, -0.2) is 69.2 Å². The molecule has 0 aliphatic heterocycles. The summed E-state index contributed by atoms with van der Waals surface area (Å²) in [5, 5.41) is 20.6. The summed E-state index contributed by atoms with van der Waals surface area (Å²) in [4.78, 5) is 55.6. The maximum Gasteiger partial charge on any atom is 0.469 e. The summed E-state index contributed by atoms with van der Waals surface area (Å²) < 4.78 is 26.4. The summed E-state index contributed by atoms with van der Waals surface area (Å²) >= 11 is 0. The number of esters is 2. The number of rotatable bonds is 35. The van der Waals surface area contributed by atoms with Crippen molar-refractivity contribution in [2.24, 2.45) is 17.8 Å². The molecule has 0 bridgehead atoms. The molecule has 0 aromatic heterocycles. The highest BCUT2D eigenvalue weighted by Crippen LogP contribution is 2.36. The number of hydrogen-bond donors (Lipinski definition) is 4. The van der Waals surface area contributed by atoms with Crippen molar-refractivity contribution in [3.05, 3.63) is 24.3 Å². The topological polar surface area (TPSA) is 177 Å². The van der Waals surface area contributed by atoms with Gasteiger partial charge in [-0.2, -0.15) is 0 Å². The molecule has 0 radical (unpaired) electrons. The average Bonchev–Trinajstić information content (AvgIpc) is 3.39. The van der Waals surface area contributed by atoms with Crippen LogP contribution in [0.3, 0.4) is 0 Å². The Labute approximate surface area is 332 Å². The van der Waals surface area contributed by atoms with E-state index in [1.165, 1.54) is 70.6 Å². The second-order valence-corrected chi connectivity index (χ2v) is 17.2. The first-order valence-corrected chi connectivity index (χ1v) is 23.1. The van der Waals surface area contributed by atoms with Crippen molar-refractivity contribution in [2.45, 2.75) is 200 Å². The minimum absolute atomic E-state index is 0.00584. The predicted molar refractivity (Wildman–Crippen MR) is 217 cm³/mol. The smallest absolute Gasteiger partial charge is 0.462 e. The summed E-state index contributed by atoms with van der Waals surface area (Å²) in [6.45, 7) is 5.69. The average molecular weight is 801 g/mol. The van der Waals surface area contributed by atoms with Gasteiger partial charge in [0, 0.05) is 31.1 Å². The van der Waals surface area contributed by atoms with Crippen LogP contribution in [0.5, 0.6) is 0 Å². The monoisotopic (exact) mass is 801 g/mol. The summed E-state index contributed by atoms with van der Waals surface area (Å²) in [6, 6.07) is 0. The maximum absolute atomic E-state index is 12.5. The van der Waals surface area contributed by atoms with E-state index in [0.717, 1.165) is 44.4 Å². The van der Waals surface area contributed by atoms with Crippen LogP contribution in [0.4, 0.5) is 0 Å². The van der Waals surface area contributed by atoms with Gasteiger partial charge < -0.3 is 29.5 Å². The molecule has 0 amide bonds. The van der Waals surface area contributed by atoms with Gasteiger partial charge in [0.25, 0.3) is 0 Å². The number of carbonyl (C=O) groups excluding carboxylic acids is 3. The first kappa shape index (κ1) is 51.1. The van der Waals surface area contributed by atoms with Crippen LogP contribution in [0.15, 0.2) is 24.3 Å². The number of ketones is 1. The number of phosphoric acid groups is 1. The lowest BCUT2D eigenvalue weighted by Crippen LogP contribution is -2.29. The van der Waals surface area contributed by atoms with E-state index in [2.05, 4.69) is 25.3 Å². The number of aliphatic hydroxyl groups is 2. The molecule has 0 aromatic rings. The van der Waals surface area contributed by atoms with Crippen LogP contribution in [0.1, 0.15) is 181 Å². The first-order chi connectivity index (χ1) is 26.3. The molecule has 0 spiro atoms. The summed E-state index contributed by atoms with van der Waals surface area (Å²) in [6.07, 6.45) is 28.4. The van der Waals surface area contributed by atoms with E-state index in [9.17, 15) is 29.2 Å². The van der Waals surface area contributed by atoms with E-state index < -0.39 is 44.7 Å². The zero-order valence-electron chi connectivity index (χ0n) is 34.5. The standard InChI is InChI=1S/C43H77O11P/c1-4-5-20-26-36(44)30-31-39-38(40(45)32-41(39)46)27-22-18-19-23-28-42(47)52-33-37(34-53-55(49,50)51)54-43(48)29-24-17-15-13-11-9-7-6-8-10-12-14-16-21-25-35(2)3/h18,22,30-31,35-39,41,44,46H,4-17,19-21,23-29,32-34H2,1-3H3,(H2,49,50,51)/b22-18-,31-30+/t36-,37+,38+,39+,41+/m0/s1. The number of ether oxygens (including phenoxy) is 2. The van der Waals surface area contributed by atoms with Crippen molar-refractivity contribution in [1.82, 2.24) is 0 Å². The fraction of sp³-hybridized carbons (Fsp3) is 0.837. The number of Topliss-reactive ketones (excluding diaryl/α,β-unsaturated/α-hetero) is 1. The summed E-state index contributed by atoms with van der Waals surface area (Å²) in [5.41, 5.74) is 0. The van der Waals surface area contributed by atoms with Gasteiger partial charge >= 0.3 is 19.8 Å². The van der Waals surface area contributed by atoms with Gasteiger partial charge in [-0.15, -0.1) is 0 Å². The van der Waals surface area contributed by atoms with Gasteiger partial charge in [-0.05, 0) is 38.0 Å². The minimum Gasteiger partial charge on any atom is -0.462 e. The number of hydrogen-bond acceptors (Lipinski definition) is 9. The molecule has 0 saturated heterocycles. The van der Waals surface area contributed by atoms with E-state index in [1.54, 1.807) is 12.2 Å². The molecule has 0 aromatic carbocycles. The zero-order chi connectivity index (χ0) is 40.7. The molecule has 320 valence electrons. The third-order valence-electron chi connectivity index (χ3n) is 10.3. The lowest BCUT2D eigenvalue weighted by Gasteiger charge is -2.18. The molecule has 0 heterocycles. The zero-order valence-corrected chi connectivity index (χ0v) is 35.4. The molecule has 0 unspecified atom stereocenters. The van der Waals surface area contributed by atoms with Crippen LogP contribution in [0.25, 0.3) is 0 Å². The van der Waals surface area contributed by atoms with Crippen molar-refractivity contribution < 1.29 is 52.9 Å². The first-order valence-electron chi connectivity index (χ1n) is 21.6. The number of unbranched alkanes of at least 4 members (excludes halogenated alkanes) is 16. The number of allylic oxidation sites excluding steroid dienone is 2. The highest BCUT2D eigenvalue weighted by Gasteiger charge is 2.39. The quantitative estimate of drug-likeness (QED) is 0.0208. The Morgan fingerprint density at radius 2 is 1.35 bits per heavy atom. The van der Waals surface area contributed by atoms with E-state index in [4.69, 9.17) is 19.3 Å². The fourth-order valence-corrected chi connectivity index (χ4v) is 7.31. The Balaban J connectivity index is 2.26. The maximum atomic E-state index is 12.5. The second kappa shape index (κ2) is 32.1. The normalized spacial score (nSPS) is 18.8. The minimum atomic E-state index is -4.82. The molecule has 4 N–H and O–H groups in total. The van der Waals surface area contributed by atoms with Crippen molar-refractivity contribution in [3.63, 3.8) is 0 Å². The number of aliphatic hydroxyl groups excluding tert-OH is 2. The van der Waals surface area contributed by atoms with Gasteiger partial charge in [0.05, 0.1) is 18.8 Å².